The first-order valence-corrected chi connectivity index (χ1v) is 10.8. The number of hydrogen-bond donors (Lipinski definition) is 4. The lowest BCUT2D eigenvalue weighted by molar-refractivity contribution is 0.0938. The number of benzene rings is 2. The number of nitrogens with zero attached hydrogens (tertiary/aromatic N) is 1. The number of hydrazine groups is 1. The van der Waals surface area contributed by atoms with E-state index >= 15 is 0 Å². The molecule has 35 heavy (non-hydrogen) atoms. The predicted molar refractivity (Wildman–Crippen MR) is 121 cm³/mol. The molecule has 180 valence electrons. The van der Waals surface area contributed by atoms with Crippen LogP contribution in [0.4, 0.5) is 19.4 Å². The largest absolute Gasteiger partial charge is 0.490 e. The van der Waals surface area contributed by atoms with E-state index in [1.807, 2.05) is 0 Å². The fourth-order valence-corrected chi connectivity index (χ4v) is 4.17. The van der Waals surface area contributed by atoms with Gasteiger partial charge in [0.1, 0.15) is 23.1 Å². The highest BCUT2D eigenvalue weighted by Gasteiger charge is 2.57. The number of aromatic nitrogens is 1. The van der Waals surface area contributed by atoms with Gasteiger partial charge in [-0.3, -0.25) is 15.5 Å². The van der Waals surface area contributed by atoms with Crippen molar-refractivity contribution in [3.63, 3.8) is 0 Å². The van der Waals surface area contributed by atoms with E-state index in [0.29, 0.717) is 17.1 Å². The molecule has 3 atom stereocenters. The second-order valence-corrected chi connectivity index (χ2v) is 8.11. The van der Waals surface area contributed by atoms with Gasteiger partial charge < -0.3 is 14.8 Å². The Labute approximate surface area is 198 Å². The van der Waals surface area contributed by atoms with E-state index < -0.39 is 17.7 Å². The van der Waals surface area contributed by atoms with E-state index in [1.165, 1.54) is 6.20 Å². The first-order valence-electron chi connectivity index (χ1n) is 10.8. The van der Waals surface area contributed by atoms with Gasteiger partial charge in [0.25, 0.3) is 5.91 Å². The molecule has 1 fully saturated rings. The zero-order valence-corrected chi connectivity index (χ0v) is 18.5. The molecule has 1 aliphatic heterocycles. The summed E-state index contributed by atoms with van der Waals surface area (Å²) in [7, 11) is 1.60. The third-order valence-corrected chi connectivity index (χ3v) is 5.88. The molecule has 4 N–H and O–H groups in total. The summed E-state index contributed by atoms with van der Waals surface area (Å²) in [5.74, 6) is -0.740. The quantitative estimate of drug-likeness (QED) is 0.402. The topological polar surface area (TPSA) is 114 Å². The Kier molecular flexibility index (Phi) is 5.91. The number of nitrogens with one attached hydrogen (secondary N) is 4. The summed E-state index contributed by atoms with van der Waals surface area (Å²) in [6, 6.07) is 10.9. The molecule has 2 aliphatic rings. The number of urea groups is 1. The molecule has 2 aromatic carbocycles. The van der Waals surface area contributed by atoms with Gasteiger partial charge in [0.05, 0.1) is 12.8 Å². The van der Waals surface area contributed by atoms with Crippen LogP contribution in [0.2, 0.25) is 0 Å². The minimum atomic E-state index is -0.614. The zero-order valence-electron chi connectivity index (χ0n) is 18.5. The first kappa shape index (κ1) is 22.5. The van der Waals surface area contributed by atoms with Crippen LogP contribution in [0.1, 0.15) is 21.8 Å². The minimum absolute atomic E-state index is 0.0795. The lowest BCUT2D eigenvalue weighted by Crippen LogP contribution is -2.33. The van der Waals surface area contributed by atoms with Gasteiger partial charge >= 0.3 is 6.03 Å². The second-order valence-electron chi connectivity index (χ2n) is 8.11. The predicted octanol–water partition coefficient (Wildman–Crippen LogP) is 3.31. The molecule has 1 aliphatic carbocycles. The molecule has 0 radical (unpaired) electrons. The van der Waals surface area contributed by atoms with Crippen LogP contribution in [0.5, 0.6) is 17.2 Å². The lowest BCUT2D eigenvalue weighted by atomic mass is 10.0. The highest BCUT2D eigenvalue weighted by molar-refractivity contribution is 5.93. The molecule has 0 spiro atoms. The Hall–Kier alpha value is -4.25. The maximum atomic E-state index is 14.2. The van der Waals surface area contributed by atoms with Crippen LogP contribution in [0.15, 0.2) is 54.7 Å². The first-order chi connectivity index (χ1) is 16.9. The van der Waals surface area contributed by atoms with Gasteiger partial charge in [0.15, 0.2) is 11.6 Å². The summed E-state index contributed by atoms with van der Waals surface area (Å²) in [5, 5.41) is 5.40. The number of ether oxygens (including phenoxy) is 2. The van der Waals surface area contributed by atoms with Gasteiger partial charge in [-0.1, -0.05) is 0 Å². The fraction of sp³-hybridized carbons (Fsp3) is 0.208. The third-order valence-electron chi connectivity index (χ3n) is 5.88. The van der Waals surface area contributed by atoms with E-state index in [9.17, 15) is 18.4 Å². The zero-order chi connectivity index (χ0) is 24.5. The standard InChI is InChI=1S/C24H21F2N5O4/c1-27-31-23(32)12-2-4-13(5-3-12)35-14-6-9-18(28-10-14)29-24(33)30-21-15-11-34-22-17(26)8-7-16(25)20(22)19(15)21/h2-10,15,19,21,27H,11H2,1H3,(H,31,32)(H2,28,29,30,33)/t15?,19?,21-/m1/s1. The number of hydrogen-bond acceptors (Lipinski definition) is 6. The molecule has 1 aromatic heterocycles. The normalized spacial score (nSPS) is 19.5. The molecule has 2 unspecified atom stereocenters. The molecule has 3 aromatic rings. The average molecular weight is 481 g/mol. The van der Waals surface area contributed by atoms with Crippen LogP contribution in [-0.4, -0.2) is 36.6 Å². The van der Waals surface area contributed by atoms with Crippen molar-refractivity contribution in [2.75, 3.05) is 19.0 Å². The summed E-state index contributed by atoms with van der Waals surface area (Å²) >= 11 is 0. The van der Waals surface area contributed by atoms with Crippen LogP contribution < -0.4 is 31.0 Å². The molecule has 0 saturated heterocycles. The molecule has 3 amide bonds. The van der Waals surface area contributed by atoms with E-state index in [2.05, 4.69) is 26.5 Å². The Morgan fingerprint density at radius 3 is 2.49 bits per heavy atom. The minimum Gasteiger partial charge on any atom is -0.490 e. The van der Waals surface area contributed by atoms with Gasteiger partial charge in [0.2, 0.25) is 0 Å². The number of amides is 3. The number of halogens is 2. The number of pyridine rings is 1. The van der Waals surface area contributed by atoms with Crippen molar-refractivity contribution < 1.29 is 27.8 Å². The summed E-state index contributed by atoms with van der Waals surface area (Å²) < 4.78 is 39.3. The smallest absolute Gasteiger partial charge is 0.320 e. The van der Waals surface area contributed by atoms with E-state index in [4.69, 9.17) is 9.47 Å². The lowest BCUT2D eigenvalue weighted by Gasteiger charge is -2.16. The Bertz CT molecular complexity index is 1270. The van der Waals surface area contributed by atoms with Crippen molar-refractivity contribution in [2.45, 2.75) is 12.0 Å². The maximum absolute atomic E-state index is 14.2. The van der Waals surface area contributed by atoms with Crippen LogP contribution in [0.3, 0.4) is 0 Å². The number of fused-ring (bicyclic) bond motifs is 3. The van der Waals surface area contributed by atoms with Crippen molar-refractivity contribution >= 4 is 17.8 Å². The van der Waals surface area contributed by atoms with Crippen LogP contribution in [0, 0.1) is 17.6 Å². The van der Waals surface area contributed by atoms with Crippen molar-refractivity contribution in [2.24, 2.45) is 5.92 Å². The monoisotopic (exact) mass is 481 g/mol. The van der Waals surface area contributed by atoms with E-state index in [1.54, 1.807) is 43.4 Å². The third kappa shape index (κ3) is 4.58. The van der Waals surface area contributed by atoms with Crippen molar-refractivity contribution in [3.8, 4) is 17.2 Å². The highest BCUT2D eigenvalue weighted by Crippen LogP contribution is 2.55. The number of carbonyl (C=O) groups excluding carboxylic acids is 2. The van der Waals surface area contributed by atoms with Gasteiger partial charge in [-0.2, -0.15) is 0 Å². The molecular weight excluding hydrogens is 460 g/mol. The van der Waals surface area contributed by atoms with Gasteiger partial charge in [-0.25, -0.2) is 24.0 Å². The Balaban J connectivity index is 1.16. The molecule has 9 nitrogen and oxygen atoms in total. The summed E-state index contributed by atoms with van der Waals surface area (Å²) in [6.07, 6.45) is 1.44. The summed E-state index contributed by atoms with van der Waals surface area (Å²) in [5.41, 5.74) is 5.68. The van der Waals surface area contributed by atoms with E-state index in [0.717, 1.165) is 12.1 Å². The van der Waals surface area contributed by atoms with Crippen molar-refractivity contribution in [1.82, 2.24) is 21.2 Å². The Morgan fingerprint density at radius 2 is 1.77 bits per heavy atom. The average Bonchev–Trinajstić information content (AvgIpc) is 3.55. The molecule has 1 saturated carbocycles. The van der Waals surface area contributed by atoms with Gasteiger partial charge in [0, 0.05) is 36.1 Å². The molecule has 2 heterocycles. The van der Waals surface area contributed by atoms with Crippen molar-refractivity contribution in [1.29, 1.82) is 0 Å². The number of carbonyl (C=O) groups is 2. The summed E-state index contributed by atoms with van der Waals surface area (Å²) in [4.78, 5) is 28.4. The SMILES string of the molecule is CNNC(=O)c1ccc(Oc2ccc(NC(=O)N[C@@H]3C4COc5c(F)ccc(F)c5C43)nc2)cc1. The Morgan fingerprint density at radius 1 is 1.03 bits per heavy atom. The van der Waals surface area contributed by atoms with Crippen LogP contribution in [-0.2, 0) is 0 Å². The number of anilines is 1. The number of rotatable bonds is 6. The fourth-order valence-electron chi connectivity index (χ4n) is 4.17. The van der Waals surface area contributed by atoms with E-state index in [-0.39, 0.29) is 47.5 Å². The van der Waals surface area contributed by atoms with Crippen LogP contribution in [0.25, 0.3) is 0 Å². The molecule has 11 heteroatoms. The van der Waals surface area contributed by atoms with Gasteiger partial charge in [-0.05, 0) is 48.5 Å². The molecule has 0 bridgehead atoms. The van der Waals surface area contributed by atoms with Crippen molar-refractivity contribution in [3.05, 3.63) is 77.5 Å². The highest BCUT2D eigenvalue weighted by atomic mass is 19.1. The maximum Gasteiger partial charge on any atom is 0.320 e. The molecular formula is C24H21F2N5O4. The van der Waals surface area contributed by atoms with Crippen LogP contribution >= 0.6 is 0 Å². The second kappa shape index (κ2) is 9.18. The molecule has 5 rings (SSSR count). The van der Waals surface area contributed by atoms with Gasteiger partial charge in [-0.15, -0.1) is 0 Å². The summed E-state index contributed by atoms with van der Waals surface area (Å²) in [6.45, 7) is 0.203.